The molecule has 3 N–H and O–H groups in total. The Labute approximate surface area is 94.8 Å². The number of nitrogens with two attached hydrogens (primary N) is 1. The topological polar surface area (TPSA) is 55.1 Å². The van der Waals surface area contributed by atoms with Gasteiger partial charge in [0.2, 0.25) is 5.91 Å². The average Bonchev–Trinajstić information content (AvgIpc) is 2.23. The van der Waals surface area contributed by atoms with E-state index < -0.39 is 5.82 Å². The molecule has 1 rings (SSSR count). The van der Waals surface area contributed by atoms with Crippen LogP contribution in [-0.4, -0.2) is 5.91 Å². The van der Waals surface area contributed by atoms with Crippen molar-refractivity contribution < 1.29 is 9.18 Å². The lowest BCUT2D eigenvalue weighted by Gasteiger charge is -2.10. The summed E-state index contributed by atoms with van der Waals surface area (Å²) in [5, 5.41) is 2.52. The molecule has 88 valence electrons. The summed E-state index contributed by atoms with van der Waals surface area (Å²) in [7, 11) is 0. The van der Waals surface area contributed by atoms with E-state index in [1.165, 1.54) is 18.2 Å². The Morgan fingerprint density at radius 2 is 2.25 bits per heavy atom. The van der Waals surface area contributed by atoms with Gasteiger partial charge in [0.1, 0.15) is 5.82 Å². The summed E-state index contributed by atoms with van der Waals surface area (Å²) >= 11 is 0. The maximum Gasteiger partial charge on any atom is 0.224 e. The molecule has 3 nitrogen and oxygen atoms in total. The summed E-state index contributed by atoms with van der Waals surface area (Å²) in [6, 6.07) is 4.12. The van der Waals surface area contributed by atoms with Crippen LogP contribution in [0.15, 0.2) is 18.2 Å². The molecule has 0 radical (unpaired) electrons. The SMILES string of the molecule is CCC(C)CC(=O)Nc1cc(N)ccc1F. The minimum Gasteiger partial charge on any atom is -0.399 e. The molecule has 0 aliphatic heterocycles. The molecule has 1 aromatic rings. The zero-order valence-corrected chi connectivity index (χ0v) is 9.59. The second kappa shape index (κ2) is 5.49. The lowest BCUT2D eigenvalue weighted by atomic mass is 10.1. The minimum atomic E-state index is -0.466. The van der Waals surface area contributed by atoms with Gasteiger partial charge in [-0.2, -0.15) is 0 Å². The first kappa shape index (κ1) is 12.5. The zero-order valence-electron chi connectivity index (χ0n) is 9.59. The number of nitrogen functional groups attached to an aromatic ring is 1. The molecule has 4 heteroatoms. The van der Waals surface area contributed by atoms with E-state index >= 15 is 0 Å². The van der Waals surface area contributed by atoms with Crippen LogP contribution in [0.2, 0.25) is 0 Å². The van der Waals surface area contributed by atoms with Crippen LogP contribution in [0.4, 0.5) is 15.8 Å². The molecule has 0 aliphatic carbocycles. The maximum absolute atomic E-state index is 13.3. The highest BCUT2D eigenvalue weighted by Gasteiger charge is 2.10. The first-order valence-corrected chi connectivity index (χ1v) is 5.37. The Balaban J connectivity index is 2.65. The fourth-order valence-corrected chi connectivity index (χ4v) is 1.30. The lowest BCUT2D eigenvalue weighted by Crippen LogP contribution is -2.15. The molecule has 0 saturated carbocycles. The van der Waals surface area contributed by atoms with Gasteiger partial charge >= 0.3 is 0 Å². The average molecular weight is 224 g/mol. The molecule has 1 atom stereocenters. The van der Waals surface area contributed by atoms with Gasteiger partial charge < -0.3 is 11.1 Å². The molecule has 1 unspecified atom stereocenters. The van der Waals surface area contributed by atoms with E-state index in [4.69, 9.17) is 5.73 Å². The van der Waals surface area contributed by atoms with Crippen LogP contribution in [0.25, 0.3) is 0 Å². The van der Waals surface area contributed by atoms with Crippen molar-refractivity contribution >= 4 is 17.3 Å². The van der Waals surface area contributed by atoms with Crippen molar-refractivity contribution in [3.8, 4) is 0 Å². The predicted octanol–water partition coefficient (Wildman–Crippen LogP) is 2.78. The number of carbonyl (C=O) groups is 1. The molecule has 0 fully saturated rings. The molecule has 0 heterocycles. The lowest BCUT2D eigenvalue weighted by molar-refractivity contribution is -0.117. The van der Waals surface area contributed by atoms with Crippen LogP contribution >= 0.6 is 0 Å². The van der Waals surface area contributed by atoms with E-state index in [9.17, 15) is 9.18 Å². The van der Waals surface area contributed by atoms with Crippen LogP contribution in [0.1, 0.15) is 26.7 Å². The van der Waals surface area contributed by atoms with Gasteiger partial charge in [-0.3, -0.25) is 4.79 Å². The van der Waals surface area contributed by atoms with Gasteiger partial charge in [0.25, 0.3) is 0 Å². The third-order valence-electron chi connectivity index (χ3n) is 2.50. The molecule has 16 heavy (non-hydrogen) atoms. The van der Waals surface area contributed by atoms with Crippen molar-refractivity contribution in [1.29, 1.82) is 0 Å². The second-order valence-electron chi connectivity index (χ2n) is 4.01. The smallest absolute Gasteiger partial charge is 0.224 e. The molecule has 0 bridgehead atoms. The summed E-state index contributed by atoms with van der Waals surface area (Å²) in [5.74, 6) is -0.352. The fraction of sp³-hybridized carbons (Fsp3) is 0.417. The molecule has 0 aromatic heterocycles. The zero-order chi connectivity index (χ0) is 12.1. The molecular formula is C12H17FN2O. The van der Waals surface area contributed by atoms with Crippen molar-refractivity contribution in [1.82, 2.24) is 0 Å². The number of carbonyl (C=O) groups excluding carboxylic acids is 1. The third-order valence-corrected chi connectivity index (χ3v) is 2.50. The van der Waals surface area contributed by atoms with E-state index in [2.05, 4.69) is 5.32 Å². The summed E-state index contributed by atoms with van der Waals surface area (Å²) in [6.45, 7) is 3.99. The number of anilines is 2. The monoisotopic (exact) mass is 224 g/mol. The van der Waals surface area contributed by atoms with Crippen LogP contribution < -0.4 is 11.1 Å². The van der Waals surface area contributed by atoms with Gasteiger partial charge in [0, 0.05) is 12.1 Å². The van der Waals surface area contributed by atoms with Gasteiger partial charge in [-0.25, -0.2) is 4.39 Å². The largest absolute Gasteiger partial charge is 0.399 e. The maximum atomic E-state index is 13.3. The van der Waals surface area contributed by atoms with Gasteiger partial charge in [0.05, 0.1) is 5.69 Å². The highest BCUT2D eigenvalue weighted by Crippen LogP contribution is 2.18. The Kier molecular flexibility index (Phi) is 4.28. The summed E-state index contributed by atoms with van der Waals surface area (Å²) < 4.78 is 13.3. The first-order chi connectivity index (χ1) is 7.52. The molecule has 0 saturated heterocycles. The summed E-state index contributed by atoms with van der Waals surface area (Å²) in [6.07, 6.45) is 1.32. The normalized spacial score (nSPS) is 12.2. The number of halogens is 1. The number of rotatable bonds is 4. The quantitative estimate of drug-likeness (QED) is 0.773. The van der Waals surface area contributed by atoms with E-state index in [1.807, 2.05) is 13.8 Å². The molecular weight excluding hydrogens is 207 g/mol. The number of nitrogens with one attached hydrogen (secondary N) is 1. The van der Waals surface area contributed by atoms with Crippen LogP contribution in [0, 0.1) is 11.7 Å². The van der Waals surface area contributed by atoms with Crippen molar-refractivity contribution in [2.75, 3.05) is 11.1 Å². The number of hydrogen-bond donors (Lipinski definition) is 2. The minimum absolute atomic E-state index is 0.147. The van der Waals surface area contributed by atoms with E-state index in [-0.39, 0.29) is 11.6 Å². The van der Waals surface area contributed by atoms with Crippen molar-refractivity contribution in [3.63, 3.8) is 0 Å². The third kappa shape index (κ3) is 3.53. The van der Waals surface area contributed by atoms with E-state index in [0.29, 0.717) is 18.0 Å². The Bertz CT molecular complexity index is 379. The second-order valence-corrected chi connectivity index (χ2v) is 4.01. The van der Waals surface area contributed by atoms with E-state index in [0.717, 1.165) is 6.42 Å². The summed E-state index contributed by atoms with van der Waals surface area (Å²) in [5.41, 5.74) is 6.09. The van der Waals surface area contributed by atoms with Crippen LogP contribution in [0.3, 0.4) is 0 Å². The summed E-state index contributed by atoms with van der Waals surface area (Å²) in [4.78, 5) is 11.5. The predicted molar refractivity (Wildman–Crippen MR) is 63.5 cm³/mol. The van der Waals surface area contributed by atoms with Gasteiger partial charge in [0.15, 0.2) is 0 Å². The fourth-order valence-electron chi connectivity index (χ4n) is 1.30. The Morgan fingerprint density at radius 1 is 1.56 bits per heavy atom. The van der Waals surface area contributed by atoms with Gasteiger partial charge in [-0.15, -0.1) is 0 Å². The van der Waals surface area contributed by atoms with Gasteiger partial charge in [-0.05, 0) is 24.1 Å². The highest BCUT2D eigenvalue weighted by molar-refractivity contribution is 5.91. The molecule has 0 aliphatic rings. The first-order valence-electron chi connectivity index (χ1n) is 5.37. The molecule has 1 aromatic carbocycles. The van der Waals surface area contributed by atoms with Crippen molar-refractivity contribution in [3.05, 3.63) is 24.0 Å². The van der Waals surface area contributed by atoms with Crippen molar-refractivity contribution in [2.45, 2.75) is 26.7 Å². The number of hydrogen-bond acceptors (Lipinski definition) is 2. The standard InChI is InChI=1S/C12H17FN2O/c1-3-8(2)6-12(16)15-11-7-9(14)4-5-10(11)13/h4-5,7-8H,3,6,14H2,1-2H3,(H,15,16). The molecule has 1 amide bonds. The molecule has 0 spiro atoms. The Hall–Kier alpha value is -1.58. The highest BCUT2D eigenvalue weighted by atomic mass is 19.1. The Morgan fingerprint density at radius 3 is 2.88 bits per heavy atom. The number of amides is 1. The van der Waals surface area contributed by atoms with Crippen LogP contribution in [0.5, 0.6) is 0 Å². The van der Waals surface area contributed by atoms with Crippen LogP contribution in [-0.2, 0) is 4.79 Å². The number of benzene rings is 1. The van der Waals surface area contributed by atoms with E-state index in [1.54, 1.807) is 0 Å². The van der Waals surface area contributed by atoms with Crippen molar-refractivity contribution in [2.24, 2.45) is 5.92 Å². The van der Waals surface area contributed by atoms with Gasteiger partial charge in [-0.1, -0.05) is 20.3 Å².